The lowest BCUT2D eigenvalue weighted by Crippen LogP contribution is -2.04. The number of benzene rings is 1. The Morgan fingerprint density at radius 3 is 2.45 bits per heavy atom. The number of halogens is 3. The van der Waals surface area contributed by atoms with Crippen LogP contribution in [-0.4, -0.2) is 16.6 Å². The molecule has 20 heavy (non-hydrogen) atoms. The van der Waals surface area contributed by atoms with E-state index in [1.807, 2.05) is 0 Å². The maximum Gasteiger partial charge on any atom is 0.161 e. The minimum atomic E-state index is -1.26. The predicted octanol–water partition coefficient (Wildman–Crippen LogP) is 2.68. The van der Waals surface area contributed by atoms with Crippen LogP contribution in [0, 0.1) is 17.5 Å². The van der Waals surface area contributed by atoms with Crippen LogP contribution in [0.1, 0.15) is 12.7 Å². The highest BCUT2D eigenvalue weighted by molar-refractivity contribution is 5.62. The molecule has 2 aromatic rings. The van der Waals surface area contributed by atoms with Gasteiger partial charge < -0.3 is 10.5 Å². The van der Waals surface area contributed by atoms with Crippen molar-refractivity contribution in [2.75, 3.05) is 12.3 Å². The van der Waals surface area contributed by atoms with Crippen LogP contribution in [0.2, 0.25) is 0 Å². The van der Waals surface area contributed by atoms with Gasteiger partial charge >= 0.3 is 0 Å². The Morgan fingerprint density at radius 2 is 1.75 bits per heavy atom. The first-order valence-electron chi connectivity index (χ1n) is 5.87. The summed E-state index contributed by atoms with van der Waals surface area (Å²) in [4.78, 5) is 7.95. The van der Waals surface area contributed by atoms with Crippen LogP contribution in [0.3, 0.4) is 0 Å². The molecular formula is C13H12F3N3O. The summed E-state index contributed by atoms with van der Waals surface area (Å²) in [7, 11) is 0. The molecule has 1 aromatic heterocycles. The van der Waals surface area contributed by atoms with Crippen molar-refractivity contribution < 1.29 is 17.9 Å². The van der Waals surface area contributed by atoms with Gasteiger partial charge in [0.1, 0.15) is 18.2 Å². The Hall–Kier alpha value is -2.15. The number of hydrogen-bond acceptors (Lipinski definition) is 4. The molecule has 0 amide bonds. The number of nitrogens with two attached hydrogens (primary N) is 1. The van der Waals surface area contributed by atoms with Gasteiger partial charge in [-0.2, -0.15) is 0 Å². The molecule has 4 nitrogen and oxygen atoms in total. The van der Waals surface area contributed by atoms with Crippen LogP contribution in [-0.2, 0) is 11.3 Å². The van der Waals surface area contributed by atoms with E-state index >= 15 is 0 Å². The molecule has 0 aliphatic heterocycles. The van der Waals surface area contributed by atoms with Crippen molar-refractivity contribution in [3.05, 3.63) is 41.5 Å². The average Bonchev–Trinajstić information content (AvgIpc) is 2.40. The molecule has 0 radical (unpaired) electrons. The zero-order valence-electron chi connectivity index (χ0n) is 10.7. The van der Waals surface area contributed by atoms with E-state index in [9.17, 15) is 13.2 Å². The van der Waals surface area contributed by atoms with Crippen LogP contribution in [0.5, 0.6) is 0 Å². The number of hydrogen-bond donors (Lipinski definition) is 1. The summed E-state index contributed by atoms with van der Waals surface area (Å²) in [5.41, 5.74) is 5.48. The van der Waals surface area contributed by atoms with Gasteiger partial charge in [-0.1, -0.05) is 0 Å². The van der Waals surface area contributed by atoms with Gasteiger partial charge in [-0.25, -0.2) is 23.1 Å². The van der Waals surface area contributed by atoms with E-state index in [4.69, 9.17) is 10.5 Å². The molecule has 2 N–H and O–H groups in total. The standard InChI is InChI=1S/C13H12F3N3O/c1-2-20-6-13-18-11(5-12(17)19-13)7-3-9(15)10(16)4-8(7)14/h3-5H,2,6H2,1H3,(H2,17,18,19). The topological polar surface area (TPSA) is 61.0 Å². The highest BCUT2D eigenvalue weighted by Gasteiger charge is 2.14. The molecule has 0 aliphatic carbocycles. The van der Waals surface area contributed by atoms with Crippen LogP contribution < -0.4 is 5.73 Å². The fraction of sp³-hybridized carbons (Fsp3) is 0.231. The predicted molar refractivity (Wildman–Crippen MR) is 67.1 cm³/mol. The Bertz CT molecular complexity index is 634. The van der Waals surface area contributed by atoms with E-state index in [1.54, 1.807) is 6.92 Å². The molecular weight excluding hydrogens is 271 g/mol. The van der Waals surface area contributed by atoms with E-state index in [0.29, 0.717) is 12.7 Å². The van der Waals surface area contributed by atoms with E-state index in [-0.39, 0.29) is 29.5 Å². The molecule has 1 heterocycles. The lowest BCUT2D eigenvalue weighted by molar-refractivity contribution is 0.128. The van der Waals surface area contributed by atoms with Crippen molar-refractivity contribution >= 4 is 5.82 Å². The number of ether oxygens (including phenoxy) is 1. The molecule has 0 atom stereocenters. The van der Waals surface area contributed by atoms with Crippen molar-refractivity contribution in [2.24, 2.45) is 0 Å². The van der Waals surface area contributed by atoms with Gasteiger partial charge in [0, 0.05) is 24.3 Å². The Kier molecular flexibility index (Phi) is 4.19. The molecule has 0 spiro atoms. The highest BCUT2D eigenvalue weighted by Crippen LogP contribution is 2.24. The molecule has 106 valence electrons. The number of anilines is 1. The Balaban J connectivity index is 2.47. The summed E-state index contributed by atoms with van der Waals surface area (Å²) in [5, 5.41) is 0. The molecule has 0 bridgehead atoms. The molecule has 0 unspecified atom stereocenters. The average molecular weight is 283 g/mol. The molecule has 1 aromatic carbocycles. The summed E-state index contributed by atoms with van der Waals surface area (Å²) < 4.78 is 44.9. The second kappa shape index (κ2) is 5.87. The minimum Gasteiger partial charge on any atom is -0.384 e. The summed E-state index contributed by atoms with van der Waals surface area (Å²) >= 11 is 0. The van der Waals surface area contributed by atoms with Gasteiger partial charge in [-0.05, 0) is 13.0 Å². The maximum absolute atomic E-state index is 13.7. The van der Waals surface area contributed by atoms with Crippen LogP contribution >= 0.6 is 0 Å². The monoisotopic (exact) mass is 283 g/mol. The van der Waals surface area contributed by atoms with Crippen molar-refractivity contribution in [1.29, 1.82) is 0 Å². The van der Waals surface area contributed by atoms with E-state index < -0.39 is 17.5 Å². The number of nitrogens with zero attached hydrogens (tertiary/aromatic N) is 2. The zero-order chi connectivity index (χ0) is 14.7. The Morgan fingerprint density at radius 1 is 1.05 bits per heavy atom. The van der Waals surface area contributed by atoms with Crippen molar-refractivity contribution in [2.45, 2.75) is 13.5 Å². The van der Waals surface area contributed by atoms with Crippen LogP contribution in [0.4, 0.5) is 19.0 Å². The molecule has 0 saturated heterocycles. The third-order valence-corrected chi connectivity index (χ3v) is 2.51. The molecule has 0 aliphatic rings. The first kappa shape index (κ1) is 14.3. The van der Waals surface area contributed by atoms with Gasteiger partial charge in [0.15, 0.2) is 17.5 Å². The summed E-state index contributed by atoms with van der Waals surface area (Å²) in [5.74, 6) is -3.02. The van der Waals surface area contributed by atoms with E-state index in [1.165, 1.54) is 6.07 Å². The quantitative estimate of drug-likeness (QED) is 0.876. The molecule has 0 fully saturated rings. The van der Waals surface area contributed by atoms with Gasteiger partial charge in [0.05, 0.1) is 5.69 Å². The van der Waals surface area contributed by atoms with Crippen molar-refractivity contribution in [3.63, 3.8) is 0 Å². The SMILES string of the molecule is CCOCc1nc(N)cc(-c2cc(F)c(F)cc2F)n1. The number of aromatic nitrogens is 2. The zero-order valence-corrected chi connectivity index (χ0v) is 10.7. The van der Waals surface area contributed by atoms with Gasteiger partial charge in [0.25, 0.3) is 0 Å². The van der Waals surface area contributed by atoms with Gasteiger partial charge in [-0.3, -0.25) is 0 Å². The smallest absolute Gasteiger partial charge is 0.161 e. The second-order valence-electron chi connectivity index (χ2n) is 3.98. The first-order chi connectivity index (χ1) is 9.51. The minimum absolute atomic E-state index is 0.0728. The summed E-state index contributed by atoms with van der Waals surface area (Å²) in [6, 6.07) is 2.48. The van der Waals surface area contributed by atoms with E-state index in [2.05, 4.69) is 9.97 Å². The summed E-state index contributed by atoms with van der Waals surface area (Å²) in [6.07, 6.45) is 0. The fourth-order valence-corrected chi connectivity index (χ4v) is 1.63. The fourth-order valence-electron chi connectivity index (χ4n) is 1.63. The van der Waals surface area contributed by atoms with Crippen molar-refractivity contribution in [3.8, 4) is 11.3 Å². The molecule has 0 saturated carbocycles. The third kappa shape index (κ3) is 3.05. The Labute approximate surface area is 113 Å². The first-order valence-corrected chi connectivity index (χ1v) is 5.87. The van der Waals surface area contributed by atoms with Crippen LogP contribution in [0.25, 0.3) is 11.3 Å². The maximum atomic E-state index is 13.7. The summed E-state index contributed by atoms with van der Waals surface area (Å²) in [6.45, 7) is 2.34. The van der Waals surface area contributed by atoms with Crippen molar-refractivity contribution in [1.82, 2.24) is 9.97 Å². The number of nitrogen functional groups attached to an aromatic ring is 1. The van der Waals surface area contributed by atoms with Gasteiger partial charge in [-0.15, -0.1) is 0 Å². The normalized spacial score (nSPS) is 10.8. The molecule has 7 heteroatoms. The highest BCUT2D eigenvalue weighted by atomic mass is 19.2. The van der Waals surface area contributed by atoms with Gasteiger partial charge in [0.2, 0.25) is 0 Å². The third-order valence-electron chi connectivity index (χ3n) is 2.51. The van der Waals surface area contributed by atoms with Crippen LogP contribution in [0.15, 0.2) is 18.2 Å². The molecule has 2 rings (SSSR count). The lowest BCUT2D eigenvalue weighted by atomic mass is 10.1. The largest absolute Gasteiger partial charge is 0.384 e. The second-order valence-corrected chi connectivity index (χ2v) is 3.98. The number of rotatable bonds is 4. The lowest BCUT2D eigenvalue weighted by Gasteiger charge is -2.07. The van der Waals surface area contributed by atoms with E-state index in [0.717, 1.165) is 6.07 Å².